The third-order valence-electron chi connectivity index (χ3n) is 3.26. The lowest BCUT2D eigenvalue weighted by atomic mass is 10.3. The van der Waals surface area contributed by atoms with Crippen LogP contribution >= 0.6 is 0 Å². The molecular weight excluding hydrogens is 304 g/mol. The van der Waals surface area contributed by atoms with Gasteiger partial charge in [-0.15, -0.1) is 0 Å². The van der Waals surface area contributed by atoms with E-state index in [-0.39, 0.29) is 24.8 Å². The Morgan fingerprint density at radius 3 is 2.82 bits per heavy atom. The SMILES string of the molecule is CS(=O)(=O)CCOc1cccc(NC(=O)CNCC2CC2)c1. The molecule has 1 fully saturated rings. The highest BCUT2D eigenvalue weighted by Crippen LogP contribution is 2.27. The molecule has 1 saturated carbocycles. The van der Waals surface area contributed by atoms with Crippen LogP contribution in [0.25, 0.3) is 0 Å². The first-order valence-corrected chi connectivity index (χ1v) is 9.39. The maximum Gasteiger partial charge on any atom is 0.238 e. The Morgan fingerprint density at radius 2 is 2.14 bits per heavy atom. The van der Waals surface area contributed by atoms with Gasteiger partial charge in [-0.1, -0.05) is 6.07 Å². The predicted octanol–water partition coefficient (Wildman–Crippen LogP) is 1.05. The maximum atomic E-state index is 11.8. The van der Waals surface area contributed by atoms with E-state index in [0.29, 0.717) is 11.4 Å². The number of ether oxygens (including phenoxy) is 1. The van der Waals surface area contributed by atoms with Gasteiger partial charge in [-0.2, -0.15) is 0 Å². The average molecular weight is 326 g/mol. The van der Waals surface area contributed by atoms with Crippen molar-refractivity contribution in [1.82, 2.24) is 5.32 Å². The van der Waals surface area contributed by atoms with E-state index in [4.69, 9.17) is 4.74 Å². The van der Waals surface area contributed by atoms with Crippen LogP contribution in [-0.4, -0.2) is 46.0 Å². The van der Waals surface area contributed by atoms with Gasteiger partial charge in [0, 0.05) is 18.0 Å². The van der Waals surface area contributed by atoms with Gasteiger partial charge in [0.05, 0.1) is 12.3 Å². The van der Waals surface area contributed by atoms with Gasteiger partial charge < -0.3 is 15.4 Å². The lowest BCUT2D eigenvalue weighted by Crippen LogP contribution is -2.29. The van der Waals surface area contributed by atoms with Crippen LogP contribution < -0.4 is 15.4 Å². The lowest BCUT2D eigenvalue weighted by Gasteiger charge is -2.09. The highest BCUT2D eigenvalue weighted by atomic mass is 32.2. The molecule has 6 nitrogen and oxygen atoms in total. The van der Waals surface area contributed by atoms with Crippen molar-refractivity contribution in [3.63, 3.8) is 0 Å². The van der Waals surface area contributed by atoms with E-state index >= 15 is 0 Å². The summed E-state index contributed by atoms with van der Waals surface area (Å²) >= 11 is 0. The molecule has 0 atom stereocenters. The molecule has 7 heteroatoms. The van der Waals surface area contributed by atoms with Gasteiger partial charge in [0.2, 0.25) is 5.91 Å². The summed E-state index contributed by atoms with van der Waals surface area (Å²) in [6, 6.07) is 6.93. The standard InChI is InChI=1S/C15H22N2O4S/c1-22(19,20)8-7-21-14-4-2-3-13(9-14)17-15(18)11-16-10-12-5-6-12/h2-4,9,12,16H,5-8,10-11H2,1H3,(H,17,18). The molecule has 0 bridgehead atoms. The fourth-order valence-corrected chi connectivity index (χ4v) is 2.28. The van der Waals surface area contributed by atoms with Crippen molar-refractivity contribution in [3.05, 3.63) is 24.3 Å². The number of amides is 1. The van der Waals surface area contributed by atoms with Crippen molar-refractivity contribution in [2.45, 2.75) is 12.8 Å². The Labute approximate surface area is 131 Å². The summed E-state index contributed by atoms with van der Waals surface area (Å²) in [5.74, 6) is 1.13. The Morgan fingerprint density at radius 1 is 1.36 bits per heavy atom. The van der Waals surface area contributed by atoms with Crippen LogP contribution in [-0.2, 0) is 14.6 Å². The molecule has 0 spiro atoms. The van der Waals surface area contributed by atoms with Gasteiger partial charge in [0.25, 0.3) is 0 Å². The van der Waals surface area contributed by atoms with Crippen molar-refractivity contribution in [2.24, 2.45) is 5.92 Å². The summed E-state index contributed by atoms with van der Waals surface area (Å²) in [6.45, 7) is 1.27. The molecule has 2 rings (SSSR count). The molecule has 1 aliphatic carbocycles. The monoisotopic (exact) mass is 326 g/mol. The number of carbonyl (C=O) groups excluding carboxylic acids is 1. The topological polar surface area (TPSA) is 84.5 Å². The molecule has 122 valence electrons. The zero-order valence-electron chi connectivity index (χ0n) is 12.7. The van der Waals surface area contributed by atoms with Crippen molar-refractivity contribution in [1.29, 1.82) is 0 Å². The van der Waals surface area contributed by atoms with E-state index in [0.717, 1.165) is 12.5 Å². The molecule has 0 aliphatic heterocycles. The van der Waals surface area contributed by atoms with Gasteiger partial charge in [-0.3, -0.25) is 4.79 Å². The number of benzene rings is 1. The van der Waals surface area contributed by atoms with Crippen molar-refractivity contribution < 1.29 is 17.9 Å². The largest absolute Gasteiger partial charge is 0.492 e. The molecule has 0 radical (unpaired) electrons. The van der Waals surface area contributed by atoms with Crippen LogP contribution in [0.3, 0.4) is 0 Å². The Balaban J connectivity index is 1.75. The van der Waals surface area contributed by atoms with Gasteiger partial charge in [0.1, 0.15) is 12.4 Å². The molecule has 22 heavy (non-hydrogen) atoms. The Bertz CT molecular complexity index is 612. The molecule has 0 unspecified atom stereocenters. The summed E-state index contributed by atoms with van der Waals surface area (Å²) in [4.78, 5) is 11.8. The van der Waals surface area contributed by atoms with Gasteiger partial charge in [-0.25, -0.2) is 8.42 Å². The van der Waals surface area contributed by atoms with Crippen molar-refractivity contribution in [3.8, 4) is 5.75 Å². The first-order valence-electron chi connectivity index (χ1n) is 7.33. The molecule has 1 aromatic carbocycles. The minimum atomic E-state index is -3.04. The minimum Gasteiger partial charge on any atom is -0.492 e. The van der Waals surface area contributed by atoms with E-state index in [1.807, 2.05) is 0 Å². The van der Waals surface area contributed by atoms with Crippen LogP contribution in [0, 0.1) is 5.92 Å². The normalized spacial score (nSPS) is 14.6. The summed E-state index contributed by atoms with van der Waals surface area (Å²) in [5, 5.41) is 5.91. The van der Waals surface area contributed by atoms with Crippen molar-refractivity contribution in [2.75, 3.05) is 37.0 Å². The van der Waals surface area contributed by atoms with E-state index in [9.17, 15) is 13.2 Å². The number of anilines is 1. The van der Waals surface area contributed by atoms with Gasteiger partial charge in [-0.05, 0) is 37.4 Å². The second-order valence-corrected chi connectivity index (χ2v) is 7.89. The highest BCUT2D eigenvalue weighted by molar-refractivity contribution is 7.90. The first kappa shape index (κ1) is 16.8. The Hall–Kier alpha value is -1.60. The predicted molar refractivity (Wildman–Crippen MR) is 85.9 cm³/mol. The molecule has 2 N–H and O–H groups in total. The summed E-state index contributed by atoms with van der Waals surface area (Å²) in [7, 11) is -3.04. The van der Waals surface area contributed by atoms with Crippen LogP contribution in [0.2, 0.25) is 0 Å². The summed E-state index contributed by atoms with van der Waals surface area (Å²) < 4.78 is 27.5. The molecule has 1 aromatic rings. The van der Waals surface area contributed by atoms with E-state index < -0.39 is 9.84 Å². The molecule has 1 amide bonds. The van der Waals surface area contributed by atoms with Gasteiger partial charge in [0.15, 0.2) is 9.84 Å². The minimum absolute atomic E-state index is 0.0331. The van der Waals surface area contributed by atoms with Gasteiger partial charge >= 0.3 is 0 Å². The highest BCUT2D eigenvalue weighted by Gasteiger charge is 2.20. The number of hydrogen-bond acceptors (Lipinski definition) is 5. The molecule has 0 saturated heterocycles. The smallest absolute Gasteiger partial charge is 0.238 e. The Kier molecular flexibility index (Phi) is 5.79. The van der Waals surface area contributed by atoms with E-state index in [2.05, 4.69) is 10.6 Å². The molecule has 0 aromatic heterocycles. The zero-order valence-corrected chi connectivity index (χ0v) is 13.5. The second kappa shape index (κ2) is 7.60. The second-order valence-electron chi connectivity index (χ2n) is 5.63. The first-order chi connectivity index (χ1) is 10.4. The molecule has 0 heterocycles. The van der Waals surface area contributed by atoms with Crippen LogP contribution in [0.5, 0.6) is 5.75 Å². The van der Waals surface area contributed by atoms with Crippen LogP contribution in [0.4, 0.5) is 5.69 Å². The number of sulfone groups is 1. The third kappa shape index (κ3) is 6.91. The third-order valence-corrected chi connectivity index (χ3v) is 4.16. The van der Waals surface area contributed by atoms with Crippen LogP contribution in [0.1, 0.15) is 12.8 Å². The lowest BCUT2D eigenvalue weighted by molar-refractivity contribution is -0.115. The quantitative estimate of drug-likeness (QED) is 0.708. The average Bonchev–Trinajstić information content (AvgIpc) is 3.22. The molecule has 1 aliphatic rings. The number of nitrogens with one attached hydrogen (secondary N) is 2. The fraction of sp³-hybridized carbons (Fsp3) is 0.533. The van der Waals surface area contributed by atoms with E-state index in [1.165, 1.54) is 19.1 Å². The maximum absolute atomic E-state index is 11.8. The molecular formula is C15H22N2O4S. The summed E-state index contributed by atoms with van der Waals surface area (Å²) in [6.07, 6.45) is 3.67. The fourth-order valence-electron chi connectivity index (χ4n) is 1.89. The number of carbonyl (C=O) groups is 1. The summed E-state index contributed by atoms with van der Waals surface area (Å²) in [5.41, 5.74) is 0.634. The van der Waals surface area contributed by atoms with Crippen LogP contribution in [0.15, 0.2) is 24.3 Å². The van der Waals surface area contributed by atoms with Crippen molar-refractivity contribution >= 4 is 21.4 Å². The zero-order chi connectivity index (χ0) is 16.0. The number of rotatable bonds is 9. The van der Waals surface area contributed by atoms with E-state index in [1.54, 1.807) is 24.3 Å². The number of hydrogen-bond donors (Lipinski definition) is 2.